The van der Waals surface area contributed by atoms with Gasteiger partial charge in [-0.25, -0.2) is 0 Å². The average Bonchev–Trinajstić information content (AvgIpc) is 2.45. The molecule has 0 bridgehead atoms. The van der Waals surface area contributed by atoms with Crippen LogP contribution in [0.3, 0.4) is 0 Å². The van der Waals surface area contributed by atoms with Gasteiger partial charge in [-0.1, -0.05) is 36.4 Å². The molecule has 0 aromatic heterocycles. The molecule has 0 aliphatic heterocycles. The van der Waals surface area contributed by atoms with Crippen LogP contribution >= 0.6 is 0 Å². The van der Waals surface area contributed by atoms with Crippen LogP contribution in [-0.4, -0.2) is 6.54 Å². The highest BCUT2D eigenvalue weighted by Crippen LogP contribution is 2.35. The molecule has 0 aliphatic rings. The number of hydrogen-bond acceptors (Lipinski definition) is 1. The summed E-state index contributed by atoms with van der Waals surface area (Å²) in [5.41, 5.74) is 14.3. The summed E-state index contributed by atoms with van der Waals surface area (Å²) in [6, 6.07) is 13.0. The maximum atomic E-state index is 5.88. The lowest BCUT2D eigenvalue weighted by Crippen LogP contribution is -2.12. The van der Waals surface area contributed by atoms with Crippen molar-refractivity contribution in [1.29, 1.82) is 0 Å². The average molecular weight is 267 g/mol. The molecule has 1 heteroatoms. The van der Waals surface area contributed by atoms with Crippen molar-refractivity contribution in [2.24, 2.45) is 5.73 Å². The lowest BCUT2D eigenvalue weighted by Gasteiger charge is -2.24. The monoisotopic (exact) mass is 267 g/mol. The first-order valence-electron chi connectivity index (χ1n) is 7.38. The molecule has 0 fully saturated rings. The highest BCUT2D eigenvalue weighted by molar-refractivity contribution is 5.49. The second kappa shape index (κ2) is 6.23. The summed E-state index contributed by atoms with van der Waals surface area (Å²) in [4.78, 5) is 0. The molecule has 2 aromatic rings. The van der Waals surface area contributed by atoms with E-state index in [0.717, 1.165) is 6.42 Å². The Morgan fingerprint density at radius 3 is 1.95 bits per heavy atom. The minimum Gasteiger partial charge on any atom is -0.330 e. The molecule has 106 valence electrons. The summed E-state index contributed by atoms with van der Waals surface area (Å²) in [7, 11) is 0. The fourth-order valence-electron chi connectivity index (χ4n) is 3.10. The van der Waals surface area contributed by atoms with Crippen LogP contribution in [0.25, 0.3) is 0 Å². The van der Waals surface area contributed by atoms with E-state index >= 15 is 0 Å². The molecule has 20 heavy (non-hydrogen) atoms. The van der Waals surface area contributed by atoms with Crippen molar-refractivity contribution in [2.45, 2.75) is 40.0 Å². The molecule has 1 unspecified atom stereocenters. The first-order valence-corrected chi connectivity index (χ1v) is 7.38. The third kappa shape index (κ3) is 2.78. The number of benzene rings is 2. The lowest BCUT2D eigenvalue weighted by molar-refractivity contribution is 0.715. The fourth-order valence-corrected chi connectivity index (χ4v) is 3.10. The van der Waals surface area contributed by atoms with Gasteiger partial charge in [0.05, 0.1) is 0 Å². The largest absolute Gasteiger partial charge is 0.330 e. The van der Waals surface area contributed by atoms with Gasteiger partial charge in [0.25, 0.3) is 0 Å². The topological polar surface area (TPSA) is 26.0 Å². The van der Waals surface area contributed by atoms with Crippen LogP contribution in [0.2, 0.25) is 0 Å². The van der Waals surface area contributed by atoms with Gasteiger partial charge in [-0.05, 0) is 74.0 Å². The molecule has 0 radical (unpaired) electrons. The minimum absolute atomic E-state index is 0.403. The molecule has 0 spiro atoms. The van der Waals surface area contributed by atoms with Gasteiger partial charge in [-0.3, -0.25) is 0 Å². The van der Waals surface area contributed by atoms with Gasteiger partial charge in [0.2, 0.25) is 0 Å². The lowest BCUT2D eigenvalue weighted by atomic mass is 9.81. The Morgan fingerprint density at radius 1 is 0.900 bits per heavy atom. The van der Waals surface area contributed by atoms with Gasteiger partial charge in [-0.2, -0.15) is 0 Å². The summed E-state index contributed by atoms with van der Waals surface area (Å²) < 4.78 is 0. The molecule has 0 saturated heterocycles. The van der Waals surface area contributed by atoms with Crippen molar-refractivity contribution in [2.75, 3.05) is 6.54 Å². The molecule has 0 aliphatic carbocycles. The molecular weight excluding hydrogens is 242 g/mol. The van der Waals surface area contributed by atoms with E-state index in [2.05, 4.69) is 64.1 Å². The van der Waals surface area contributed by atoms with E-state index in [1.807, 2.05) is 0 Å². The third-order valence-electron chi connectivity index (χ3n) is 4.43. The van der Waals surface area contributed by atoms with Crippen molar-refractivity contribution >= 4 is 0 Å². The number of nitrogens with two attached hydrogens (primary N) is 1. The Morgan fingerprint density at radius 2 is 1.45 bits per heavy atom. The predicted octanol–water partition coefficient (Wildman–Crippen LogP) is 4.40. The van der Waals surface area contributed by atoms with Crippen molar-refractivity contribution < 1.29 is 0 Å². The molecule has 2 aromatic carbocycles. The van der Waals surface area contributed by atoms with Crippen LogP contribution in [0.15, 0.2) is 36.4 Å². The molecule has 0 amide bonds. The first kappa shape index (κ1) is 14.8. The molecule has 2 rings (SSSR count). The van der Waals surface area contributed by atoms with Crippen LogP contribution in [-0.2, 0) is 0 Å². The summed E-state index contributed by atoms with van der Waals surface area (Å²) >= 11 is 0. The van der Waals surface area contributed by atoms with E-state index < -0.39 is 0 Å². The SMILES string of the molecule is Cc1cc(C)c(C)c(C(CCN)c2ccccc2)c1C. The van der Waals surface area contributed by atoms with E-state index in [0.29, 0.717) is 12.5 Å². The smallest absolute Gasteiger partial charge is 0.0107 e. The quantitative estimate of drug-likeness (QED) is 0.873. The standard InChI is InChI=1S/C19H25N/c1-13-12-14(2)16(4)19(15(13)3)18(10-11-20)17-8-6-5-7-9-17/h5-9,12,18H,10-11,20H2,1-4H3. The van der Waals surface area contributed by atoms with Crippen LogP contribution in [0.5, 0.6) is 0 Å². The van der Waals surface area contributed by atoms with Gasteiger partial charge in [0.1, 0.15) is 0 Å². The Labute approximate surface area is 122 Å². The zero-order chi connectivity index (χ0) is 14.7. The fraction of sp³-hybridized carbons (Fsp3) is 0.368. The predicted molar refractivity (Wildman–Crippen MR) is 87.3 cm³/mol. The number of hydrogen-bond donors (Lipinski definition) is 1. The Kier molecular flexibility index (Phi) is 4.61. The molecule has 1 nitrogen and oxygen atoms in total. The first-order chi connectivity index (χ1) is 9.56. The molecule has 1 atom stereocenters. The van der Waals surface area contributed by atoms with E-state index in [1.165, 1.54) is 33.4 Å². The van der Waals surface area contributed by atoms with Crippen molar-refractivity contribution in [3.63, 3.8) is 0 Å². The van der Waals surface area contributed by atoms with Crippen molar-refractivity contribution in [3.05, 3.63) is 69.8 Å². The number of rotatable bonds is 4. The Bertz CT molecular complexity index is 558. The summed E-state index contributed by atoms with van der Waals surface area (Å²) in [6.45, 7) is 9.60. The number of aryl methyl sites for hydroxylation is 2. The minimum atomic E-state index is 0.403. The van der Waals surface area contributed by atoms with Gasteiger partial charge in [-0.15, -0.1) is 0 Å². The van der Waals surface area contributed by atoms with Gasteiger partial charge < -0.3 is 5.73 Å². The van der Waals surface area contributed by atoms with Gasteiger partial charge in [0.15, 0.2) is 0 Å². The second-order valence-corrected chi connectivity index (χ2v) is 5.71. The summed E-state index contributed by atoms with van der Waals surface area (Å²) in [5.74, 6) is 0.403. The Hall–Kier alpha value is -1.60. The second-order valence-electron chi connectivity index (χ2n) is 5.71. The highest BCUT2D eigenvalue weighted by Gasteiger charge is 2.19. The van der Waals surface area contributed by atoms with Crippen LogP contribution < -0.4 is 5.73 Å². The maximum absolute atomic E-state index is 5.88. The van der Waals surface area contributed by atoms with Crippen molar-refractivity contribution in [3.8, 4) is 0 Å². The van der Waals surface area contributed by atoms with Crippen LogP contribution in [0, 0.1) is 27.7 Å². The van der Waals surface area contributed by atoms with Crippen LogP contribution in [0.4, 0.5) is 0 Å². The Balaban J connectivity index is 2.61. The molecule has 2 N–H and O–H groups in total. The van der Waals surface area contributed by atoms with E-state index in [-0.39, 0.29) is 0 Å². The van der Waals surface area contributed by atoms with E-state index in [4.69, 9.17) is 5.73 Å². The van der Waals surface area contributed by atoms with Gasteiger partial charge in [0, 0.05) is 5.92 Å². The third-order valence-corrected chi connectivity index (χ3v) is 4.43. The van der Waals surface area contributed by atoms with E-state index in [1.54, 1.807) is 0 Å². The van der Waals surface area contributed by atoms with Crippen molar-refractivity contribution in [1.82, 2.24) is 0 Å². The zero-order valence-corrected chi connectivity index (χ0v) is 13.0. The molecule has 0 saturated carbocycles. The maximum Gasteiger partial charge on any atom is 0.0107 e. The molecule has 0 heterocycles. The zero-order valence-electron chi connectivity index (χ0n) is 13.0. The van der Waals surface area contributed by atoms with E-state index in [9.17, 15) is 0 Å². The van der Waals surface area contributed by atoms with Crippen LogP contribution in [0.1, 0.15) is 45.7 Å². The normalized spacial score (nSPS) is 12.4. The van der Waals surface area contributed by atoms with Gasteiger partial charge >= 0.3 is 0 Å². The summed E-state index contributed by atoms with van der Waals surface area (Å²) in [6.07, 6.45) is 0.995. The summed E-state index contributed by atoms with van der Waals surface area (Å²) in [5, 5.41) is 0. The highest BCUT2D eigenvalue weighted by atomic mass is 14.5. The molecular formula is C19H25N.